The first kappa shape index (κ1) is 20.3. The van der Waals surface area contributed by atoms with E-state index in [2.05, 4.69) is 88.0 Å². The second-order valence-electron chi connectivity index (χ2n) is 5.04. The quantitative estimate of drug-likeness (QED) is 0.240. The molecule has 0 heterocycles. The largest absolute Gasteiger partial charge is 0.489 e. The predicted octanol–water partition coefficient (Wildman–Crippen LogP) is 6.72. The van der Waals surface area contributed by atoms with Gasteiger partial charge < -0.3 is 9.47 Å². The molecule has 2 rings (SSSR count). The Kier molecular flexibility index (Phi) is 9.16. The number of alkyl halides is 4. The summed E-state index contributed by atoms with van der Waals surface area (Å²) in [6.45, 7) is 1.00. The Balaban J connectivity index is 2.02. The molecule has 2 aromatic carbocycles. The topological polar surface area (TPSA) is 18.5 Å². The van der Waals surface area contributed by atoms with Crippen LogP contribution < -0.4 is 9.47 Å². The average Bonchev–Trinajstić information content (AvgIpc) is 2.64. The van der Waals surface area contributed by atoms with Crippen molar-refractivity contribution in [3.63, 3.8) is 0 Å². The van der Waals surface area contributed by atoms with Gasteiger partial charge in [0.15, 0.2) is 0 Å². The van der Waals surface area contributed by atoms with Crippen LogP contribution in [0.5, 0.6) is 11.5 Å². The third-order valence-electron chi connectivity index (χ3n) is 3.51. The van der Waals surface area contributed by atoms with E-state index >= 15 is 0 Å². The zero-order valence-electron chi connectivity index (χ0n) is 13.0. The third kappa shape index (κ3) is 5.23. The Hall–Kier alpha value is -0.0400. The normalized spacial score (nSPS) is 10.7. The molecule has 0 fully saturated rings. The molecule has 0 N–H and O–H groups in total. The molecule has 0 aliphatic rings. The number of para-hydroxylation sites is 2. The Labute approximate surface area is 176 Å². The lowest BCUT2D eigenvalue weighted by Crippen LogP contribution is -2.12. The van der Waals surface area contributed by atoms with E-state index in [0.29, 0.717) is 13.2 Å². The molecule has 6 heteroatoms. The van der Waals surface area contributed by atoms with Crippen molar-refractivity contribution in [1.82, 2.24) is 0 Å². The van der Waals surface area contributed by atoms with Crippen LogP contribution in [0.15, 0.2) is 36.4 Å². The molecular formula is C18H18Br4O2. The number of hydrogen-bond donors (Lipinski definition) is 0. The zero-order valence-corrected chi connectivity index (χ0v) is 19.4. The summed E-state index contributed by atoms with van der Waals surface area (Å²) >= 11 is 14.1. The summed E-state index contributed by atoms with van der Waals surface area (Å²) in [5, 5.41) is 3.07. The molecule has 0 atom stereocenters. The molecule has 2 aromatic rings. The van der Waals surface area contributed by atoms with Gasteiger partial charge in [0.2, 0.25) is 0 Å². The molecule has 130 valence electrons. The van der Waals surface area contributed by atoms with Gasteiger partial charge in [-0.2, -0.15) is 0 Å². The van der Waals surface area contributed by atoms with Crippen LogP contribution in [0.1, 0.15) is 22.3 Å². The minimum Gasteiger partial charge on any atom is -0.489 e. The Morgan fingerprint density at radius 3 is 1.08 bits per heavy atom. The molecule has 0 aliphatic heterocycles. The van der Waals surface area contributed by atoms with E-state index in [1.165, 1.54) is 0 Å². The first-order chi connectivity index (χ1) is 11.7. The van der Waals surface area contributed by atoms with Crippen molar-refractivity contribution in [1.29, 1.82) is 0 Å². The summed E-state index contributed by atoms with van der Waals surface area (Å²) in [6.07, 6.45) is 0. The summed E-state index contributed by atoms with van der Waals surface area (Å²) in [6, 6.07) is 12.4. The lowest BCUT2D eigenvalue weighted by Gasteiger charge is -2.16. The monoisotopic (exact) mass is 582 g/mol. The number of benzene rings is 2. The van der Waals surface area contributed by atoms with Crippen LogP contribution in [-0.2, 0) is 21.3 Å². The van der Waals surface area contributed by atoms with Crippen LogP contribution in [-0.4, -0.2) is 13.2 Å². The van der Waals surface area contributed by atoms with Gasteiger partial charge in [-0.3, -0.25) is 0 Å². The highest BCUT2D eigenvalue weighted by molar-refractivity contribution is 9.09. The smallest absolute Gasteiger partial charge is 0.127 e. The fourth-order valence-electron chi connectivity index (χ4n) is 2.36. The number of rotatable bonds is 9. The summed E-state index contributed by atoms with van der Waals surface area (Å²) in [7, 11) is 0. The van der Waals surface area contributed by atoms with Crippen LogP contribution >= 0.6 is 63.7 Å². The van der Waals surface area contributed by atoms with Crippen molar-refractivity contribution in [3.8, 4) is 11.5 Å². The highest BCUT2D eigenvalue weighted by Gasteiger charge is 2.10. The van der Waals surface area contributed by atoms with Gasteiger partial charge in [0, 0.05) is 43.6 Å². The van der Waals surface area contributed by atoms with Crippen molar-refractivity contribution >= 4 is 63.7 Å². The lowest BCUT2D eigenvalue weighted by atomic mass is 10.1. The van der Waals surface area contributed by atoms with E-state index in [4.69, 9.17) is 9.47 Å². The van der Waals surface area contributed by atoms with Gasteiger partial charge in [0.1, 0.15) is 24.7 Å². The molecule has 0 bridgehead atoms. The van der Waals surface area contributed by atoms with Crippen molar-refractivity contribution in [3.05, 3.63) is 58.7 Å². The van der Waals surface area contributed by atoms with Gasteiger partial charge in [0.05, 0.1) is 0 Å². The maximum absolute atomic E-state index is 6.01. The molecule has 0 aliphatic carbocycles. The summed E-state index contributed by atoms with van der Waals surface area (Å²) in [4.78, 5) is 0. The van der Waals surface area contributed by atoms with E-state index in [0.717, 1.165) is 55.1 Å². The molecule has 0 saturated carbocycles. The summed E-state index contributed by atoms with van der Waals surface area (Å²) < 4.78 is 12.0. The molecule has 0 spiro atoms. The average molecular weight is 586 g/mol. The standard InChI is InChI=1S/C18H18Br4O2/c19-9-13-3-1-4-14(10-20)17(13)23-7-8-24-18-15(11-21)5-2-6-16(18)12-22/h1-6H,7-12H2. The minimum atomic E-state index is 0.502. The molecule has 0 saturated heterocycles. The van der Waals surface area contributed by atoms with E-state index in [1.54, 1.807) is 0 Å². The van der Waals surface area contributed by atoms with Gasteiger partial charge >= 0.3 is 0 Å². The van der Waals surface area contributed by atoms with E-state index in [-0.39, 0.29) is 0 Å². The van der Waals surface area contributed by atoms with Gasteiger partial charge in [-0.15, -0.1) is 0 Å². The van der Waals surface area contributed by atoms with Crippen molar-refractivity contribution < 1.29 is 9.47 Å². The van der Waals surface area contributed by atoms with Gasteiger partial charge in [-0.05, 0) is 0 Å². The van der Waals surface area contributed by atoms with Gasteiger partial charge in [0.25, 0.3) is 0 Å². The fraction of sp³-hybridized carbons (Fsp3) is 0.333. The SMILES string of the molecule is BrCc1cccc(CBr)c1OCCOc1c(CBr)cccc1CBr. The number of halogens is 4. The van der Waals surface area contributed by atoms with Gasteiger partial charge in [-0.25, -0.2) is 0 Å². The molecule has 0 radical (unpaired) electrons. The Morgan fingerprint density at radius 2 is 0.833 bits per heavy atom. The number of ether oxygens (including phenoxy) is 2. The minimum absolute atomic E-state index is 0.502. The summed E-state index contributed by atoms with van der Waals surface area (Å²) in [5.74, 6) is 1.87. The van der Waals surface area contributed by atoms with E-state index in [1.807, 2.05) is 12.1 Å². The molecule has 0 aromatic heterocycles. The van der Waals surface area contributed by atoms with Crippen LogP contribution in [0.4, 0.5) is 0 Å². The van der Waals surface area contributed by atoms with Crippen LogP contribution in [0.2, 0.25) is 0 Å². The fourth-order valence-corrected chi connectivity index (χ4v) is 4.12. The zero-order chi connectivity index (χ0) is 17.4. The lowest BCUT2D eigenvalue weighted by molar-refractivity contribution is 0.213. The highest BCUT2D eigenvalue weighted by atomic mass is 79.9. The summed E-state index contributed by atoms with van der Waals surface area (Å²) in [5.41, 5.74) is 4.59. The van der Waals surface area contributed by atoms with Crippen LogP contribution in [0.3, 0.4) is 0 Å². The number of hydrogen-bond acceptors (Lipinski definition) is 2. The first-order valence-corrected chi connectivity index (χ1v) is 11.9. The molecule has 0 amide bonds. The first-order valence-electron chi connectivity index (χ1n) is 7.46. The van der Waals surface area contributed by atoms with E-state index in [9.17, 15) is 0 Å². The second-order valence-corrected chi connectivity index (χ2v) is 7.29. The van der Waals surface area contributed by atoms with Gasteiger partial charge in [-0.1, -0.05) is 100 Å². The molecule has 2 nitrogen and oxygen atoms in total. The third-order valence-corrected chi connectivity index (χ3v) is 5.92. The van der Waals surface area contributed by atoms with Crippen molar-refractivity contribution in [2.75, 3.05) is 13.2 Å². The maximum atomic E-state index is 6.01. The van der Waals surface area contributed by atoms with Crippen molar-refractivity contribution in [2.45, 2.75) is 21.3 Å². The van der Waals surface area contributed by atoms with E-state index < -0.39 is 0 Å². The highest BCUT2D eigenvalue weighted by Crippen LogP contribution is 2.29. The van der Waals surface area contributed by atoms with Crippen LogP contribution in [0.25, 0.3) is 0 Å². The Bertz CT molecular complexity index is 559. The van der Waals surface area contributed by atoms with Crippen molar-refractivity contribution in [2.24, 2.45) is 0 Å². The maximum Gasteiger partial charge on any atom is 0.127 e. The molecule has 0 unspecified atom stereocenters. The Morgan fingerprint density at radius 1 is 0.542 bits per heavy atom. The molecular weight excluding hydrogens is 568 g/mol. The predicted molar refractivity (Wildman–Crippen MR) is 114 cm³/mol. The second kappa shape index (κ2) is 10.8. The van der Waals surface area contributed by atoms with Crippen LogP contribution in [0, 0.1) is 0 Å². The molecule has 24 heavy (non-hydrogen) atoms.